The number of aryl methyl sites for hydroxylation is 1. The molecule has 0 aliphatic carbocycles. The topological polar surface area (TPSA) is 80.0 Å². The van der Waals surface area contributed by atoms with Crippen LogP contribution in [-0.2, 0) is 7.05 Å². The minimum atomic E-state index is -1.01. The van der Waals surface area contributed by atoms with Crippen molar-refractivity contribution in [3.63, 3.8) is 0 Å². The normalized spacial score (nSPS) is 12.2. The molecule has 7 heteroatoms. The zero-order valence-corrected chi connectivity index (χ0v) is 11.2. The van der Waals surface area contributed by atoms with Gasteiger partial charge in [-0.2, -0.15) is 0 Å². The lowest BCUT2D eigenvalue weighted by atomic mass is 10.1. The van der Waals surface area contributed by atoms with E-state index in [0.29, 0.717) is 16.5 Å². The zero-order chi connectivity index (χ0) is 14.0. The molecule has 2 rings (SSSR count). The molecular weight excluding hydrogens is 268 g/mol. The molecule has 0 fully saturated rings. The van der Waals surface area contributed by atoms with Gasteiger partial charge in [0.15, 0.2) is 5.82 Å². The summed E-state index contributed by atoms with van der Waals surface area (Å²) in [6.07, 6.45) is 1.59. The molecule has 0 saturated carbocycles. The fraction of sp³-hybridized carbons (Fsp3) is 0.250. The first-order valence-corrected chi connectivity index (χ1v) is 6.00. The Balaban J connectivity index is 2.30. The molecule has 1 aromatic heterocycles. The largest absolute Gasteiger partial charge is 0.478 e. The van der Waals surface area contributed by atoms with Gasteiger partial charge in [-0.3, -0.25) is 0 Å². The molecule has 2 aromatic rings. The highest BCUT2D eigenvalue weighted by Crippen LogP contribution is 2.25. The third-order valence-electron chi connectivity index (χ3n) is 2.72. The number of aromatic carboxylic acids is 1. The molecule has 19 heavy (non-hydrogen) atoms. The van der Waals surface area contributed by atoms with Gasteiger partial charge >= 0.3 is 5.97 Å². The molecule has 0 saturated heterocycles. The van der Waals surface area contributed by atoms with Gasteiger partial charge < -0.3 is 15.0 Å². The van der Waals surface area contributed by atoms with Crippen LogP contribution in [0, 0.1) is 0 Å². The molecule has 1 unspecified atom stereocenters. The Labute approximate surface area is 115 Å². The predicted molar refractivity (Wildman–Crippen MR) is 71.5 cm³/mol. The van der Waals surface area contributed by atoms with E-state index in [1.165, 1.54) is 6.07 Å². The van der Waals surface area contributed by atoms with E-state index in [1.54, 1.807) is 23.0 Å². The number of nitrogens with zero attached hydrogens (tertiary/aromatic N) is 3. The molecule has 0 bridgehead atoms. The number of anilines is 1. The first-order chi connectivity index (χ1) is 8.99. The second-order valence-electron chi connectivity index (χ2n) is 4.16. The predicted octanol–water partition coefficient (Wildman–Crippen LogP) is 2.34. The van der Waals surface area contributed by atoms with Crippen molar-refractivity contribution < 1.29 is 9.90 Å². The van der Waals surface area contributed by atoms with Crippen LogP contribution < -0.4 is 5.32 Å². The van der Waals surface area contributed by atoms with Crippen LogP contribution in [-0.4, -0.2) is 25.8 Å². The third kappa shape index (κ3) is 2.85. The standard InChI is InChI=1S/C12H13ClN4O2/c1-7(11-16-14-6-17(11)2)15-10-5-8(13)3-4-9(10)12(18)19/h3-7,15H,1-2H3,(H,18,19). The van der Waals surface area contributed by atoms with Gasteiger partial charge in [-0.05, 0) is 25.1 Å². The summed E-state index contributed by atoms with van der Waals surface area (Å²) in [7, 11) is 1.82. The number of hydrogen-bond acceptors (Lipinski definition) is 4. The van der Waals surface area contributed by atoms with E-state index in [9.17, 15) is 4.79 Å². The van der Waals surface area contributed by atoms with Gasteiger partial charge in [-0.1, -0.05) is 11.6 Å². The molecule has 6 nitrogen and oxygen atoms in total. The monoisotopic (exact) mass is 280 g/mol. The fourth-order valence-corrected chi connectivity index (χ4v) is 1.98. The van der Waals surface area contributed by atoms with Crippen LogP contribution in [0.5, 0.6) is 0 Å². The molecule has 0 radical (unpaired) electrons. The number of halogens is 1. The lowest BCUT2D eigenvalue weighted by Crippen LogP contribution is -2.14. The second kappa shape index (κ2) is 5.27. The van der Waals surface area contributed by atoms with Crippen molar-refractivity contribution in [1.82, 2.24) is 14.8 Å². The van der Waals surface area contributed by atoms with Gasteiger partial charge in [0, 0.05) is 12.1 Å². The number of carboxylic acids is 1. The van der Waals surface area contributed by atoms with Crippen molar-refractivity contribution in [2.45, 2.75) is 13.0 Å². The lowest BCUT2D eigenvalue weighted by Gasteiger charge is -2.16. The smallest absolute Gasteiger partial charge is 0.337 e. The van der Waals surface area contributed by atoms with Crippen LogP contribution in [0.2, 0.25) is 5.02 Å². The summed E-state index contributed by atoms with van der Waals surface area (Å²) in [4.78, 5) is 11.2. The van der Waals surface area contributed by atoms with Crippen LogP contribution in [0.1, 0.15) is 29.1 Å². The van der Waals surface area contributed by atoms with Gasteiger partial charge in [0.25, 0.3) is 0 Å². The molecular formula is C12H13ClN4O2. The number of nitrogens with one attached hydrogen (secondary N) is 1. The van der Waals surface area contributed by atoms with Crippen molar-refractivity contribution in [2.24, 2.45) is 7.05 Å². The zero-order valence-electron chi connectivity index (χ0n) is 10.5. The molecule has 0 spiro atoms. The van der Waals surface area contributed by atoms with Crippen LogP contribution >= 0.6 is 11.6 Å². The Hall–Kier alpha value is -2.08. The Morgan fingerprint density at radius 1 is 1.53 bits per heavy atom. The van der Waals surface area contributed by atoms with Crippen LogP contribution in [0.15, 0.2) is 24.5 Å². The molecule has 0 aliphatic heterocycles. The number of carboxylic acid groups (broad SMARTS) is 1. The van der Waals surface area contributed by atoms with Crippen molar-refractivity contribution in [1.29, 1.82) is 0 Å². The van der Waals surface area contributed by atoms with Gasteiger partial charge in [0.05, 0.1) is 17.3 Å². The lowest BCUT2D eigenvalue weighted by molar-refractivity contribution is 0.0698. The van der Waals surface area contributed by atoms with Gasteiger partial charge in [0.1, 0.15) is 6.33 Å². The summed E-state index contributed by atoms with van der Waals surface area (Å²) in [6, 6.07) is 4.40. The van der Waals surface area contributed by atoms with Crippen molar-refractivity contribution in [3.8, 4) is 0 Å². The molecule has 1 aromatic carbocycles. The van der Waals surface area contributed by atoms with E-state index in [4.69, 9.17) is 16.7 Å². The SMILES string of the molecule is CC(Nc1cc(Cl)ccc1C(=O)O)c1nncn1C. The average Bonchev–Trinajstić information content (AvgIpc) is 2.75. The molecule has 0 aliphatic rings. The molecule has 100 valence electrons. The van der Waals surface area contributed by atoms with E-state index in [1.807, 2.05) is 14.0 Å². The van der Waals surface area contributed by atoms with E-state index in [2.05, 4.69) is 15.5 Å². The van der Waals surface area contributed by atoms with Gasteiger partial charge in [-0.15, -0.1) is 10.2 Å². The van der Waals surface area contributed by atoms with Gasteiger partial charge in [-0.25, -0.2) is 4.79 Å². The Bertz CT molecular complexity index is 612. The maximum absolute atomic E-state index is 11.2. The maximum Gasteiger partial charge on any atom is 0.337 e. The quantitative estimate of drug-likeness (QED) is 0.898. The average molecular weight is 281 g/mol. The summed E-state index contributed by atoms with van der Waals surface area (Å²) in [5.74, 6) is -0.305. The highest BCUT2D eigenvalue weighted by atomic mass is 35.5. The maximum atomic E-state index is 11.2. The first-order valence-electron chi connectivity index (χ1n) is 5.62. The summed E-state index contributed by atoms with van der Waals surface area (Å²) < 4.78 is 1.77. The molecule has 1 heterocycles. The minimum absolute atomic E-state index is 0.165. The number of rotatable bonds is 4. The van der Waals surface area contributed by atoms with E-state index >= 15 is 0 Å². The number of benzene rings is 1. The van der Waals surface area contributed by atoms with Crippen LogP contribution in [0.3, 0.4) is 0 Å². The Kier molecular flexibility index (Phi) is 3.71. The van der Waals surface area contributed by atoms with Crippen molar-refractivity contribution >= 4 is 23.3 Å². The Morgan fingerprint density at radius 2 is 2.26 bits per heavy atom. The third-order valence-corrected chi connectivity index (χ3v) is 2.95. The van der Waals surface area contributed by atoms with Crippen LogP contribution in [0.4, 0.5) is 5.69 Å². The highest BCUT2D eigenvalue weighted by Gasteiger charge is 2.16. The first kappa shape index (κ1) is 13.4. The Morgan fingerprint density at radius 3 is 2.84 bits per heavy atom. The van der Waals surface area contributed by atoms with E-state index in [0.717, 1.165) is 0 Å². The number of hydrogen-bond donors (Lipinski definition) is 2. The summed E-state index contributed by atoms with van der Waals surface area (Å²) in [5, 5.41) is 20.5. The minimum Gasteiger partial charge on any atom is -0.478 e. The van der Waals surface area contributed by atoms with E-state index < -0.39 is 5.97 Å². The number of carbonyl (C=O) groups is 1. The van der Waals surface area contributed by atoms with E-state index in [-0.39, 0.29) is 11.6 Å². The molecule has 2 N–H and O–H groups in total. The van der Waals surface area contributed by atoms with Crippen molar-refractivity contribution in [3.05, 3.63) is 40.9 Å². The highest BCUT2D eigenvalue weighted by molar-refractivity contribution is 6.31. The fourth-order valence-electron chi connectivity index (χ4n) is 1.80. The van der Waals surface area contributed by atoms with Crippen molar-refractivity contribution in [2.75, 3.05) is 5.32 Å². The number of aromatic nitrogens is 3. The van der Waals surface area contributed by atoms with Gasteiger partial charge in [0.2, 0.25) is 0 Å². The second-order valence-corrected chi connectivity index (χ2v) is 4.60. The molecule has 1 atom stereocenters. The summed E-state index contributed by atoms with van der Waals surface area (Å²) >= 11 is 5.90. The summed E-state index contributed by atoms with van der Waals surface area (Å²) in [6.45, 7) is 1.87. The summed E-state index contributed by atoms with van der Waals surface area (Å²) in [5.41, 5.74) is 0.619. The molecule has 0 amide bonds. The van der Waals surface area contributed by atoms with Crippen LogP contribution in [0.25, 0.3) is 0 Å².